The van der Waals surface area contributed by atoms with Crippen molar-refractivity contribution in [2.45, 2.75) is 33.2 Å². The molecule has 1 aromatic rings. The Hall–Kier alpha value is -1.27. The minimum atomic E-state index is 0.542. The molecule has 1 N–H and O–H groups in total. The van der Waals surface area contributed by atoms with E-state index >= 15 is 0 Å². The van der Waals surface area contributed by atoms with Gasteiger partial charge in [-0.25, -0.2) is 0 Å². The fourth-order valence-corrected chi connectivity index (χ4v) is 1.94. The topological polar surface area (TPSA) is 40.8 Å². The number of nitrogens with one attached hydrogen (secondary N) is 1. The van der Waals surface area contributed by atoms with Crippen LogP contribution in [0.1, 0.15) is 36.7 Å². The predicted molar refractivity (Wildman–Crippen MR) is 63.9 cm³/mol. The van der Waals surface area contributed by atoms with E-state index in [0.29, 0.717) is 5.41 Å². The van der Waals surface area contributed by atoms with Crippen LogP contribution < -0.4 is 5.32 Å². The summed E-state index contributed by atoms with van der Waals surface area (Å²) in [5.41, 5.74) is 3.71. The number of hydrogen-bond donors (Lipinski definition) is 1. The molecule has 0 radical (unpaired) electrons. The molecule has 0 amide bonds. The van der Waals surface area contributed by atoms with Crippen LogP contribution in [0.3, 0.4) is 0 Å². The first-order chi connectivity index (χ1) is 7.56. The second kappa shape index (κ2) is 3.95. The molecular weight excluding hydrogens is 198 g/mol. The van der Waals surface area contributed by atoms with Crippen LogP contribution in [0, 0.1) is 23.7 Å². The van der Waals surface area contributed by atoms with Gasteiger partial charge < -0.3 is 9.88 Å². The third kappa shape index (κ3) is 2.12. The third-order valence-corrected chi connectivity index (χ3v) is 3.73. The van der Waals surface area contributed by atoms with Crippen LogP contribution in [-0.2, 0) is 13.6 Å². The summed E-state index contributed by atoms with van der Waals surface area (Å²) in [5.74, 6) is 0. The van der Waals surface area contributed by atoms with Crippen LogP contribution in [0.4, 0.5) is 0 Å². The molecule has 1 aliphatic rings. The summed E-state index contributed by atoms with van der Waals surface area (Å²) in [4.78, 5) is 0. The highest BCUT2D eigenvalue weighted by atomic mass is 15.0. The minimum Gasteiger partial charge on any atom is -0.340 e. The Bertz CT molecular complexity index is 433. The summed E-state index contributed by atoms with van der Waals surface area (Å²) in [6.45, 7) is 6.34. The molecule has 0 atom stereocenters. The van der Waals surface area contributed by atoms with E-state index in [1.54, 1.807) is 0 Å². The molecule has 1 aromatic heterocycles. The molecule has 1 heterocycles. The lowest BCUT2D eigenvalue weighted by Gasteiger charge is -2.09. The van der Waals surface area contributed by atoms with Crippen molar-refractivity contribution in [2.24, 2.45) is 12.5 Å². The molecule has 0 bridgehead atoms. The molecule has 0 aromatic carbocycles. The van der Waals surface area contributed by atoms with Crippen molar-refractivity contribution < 1.29 is 0 Å². The SMILES string of the molecule is Cc1c(CNCC2(C)CC2)cc(C#N)n1C. The van der Waals surface area contributed by atoms with Gasteiger partial charge in [-0.2, -0.15) is 5.26 Å². The maximum Gasteiger partial charge on any atom is 0.120 e. The highest BCUT2D eigenvalue weighted by Gasteiger charge is 2.36. The Morgan fingerprint density at radius 1 is 1.56 bits per heavy atom. The molecule has 1 aliphatic carbocycles. The van der Waals surface area contributed by atoms with E-state index in [-0.39, 0.29) is 0 Å². The molecule has 3 heteroatoms. The van der Waals surface area contributed by atoms with Gasteiger partial charge in [-0.15, -0.1) is 0 Å². The zero-order chi connectivity index (χ0) is 11.8. The first-order valence-corrected chi connectivity index (χ1v) is 5.82. The summed E-state index contributed by atoms with van der Waals surface area (Å²) in [5, 5.41) is 12.4. The summed E-state index contributed by atoms with van der Waals surface area (Å²) in [6.07, 6.45) is 2.69. The van der Waals surface area contributed by atoms with Gasteiger partial charge in [0.25, 0.3) is 0 Å². The van der Waals surface area contributed by atoms with E-state index in [0.717, 1.165) is 18.8 Å². The molecule has 86 valence electrons. The second-order valence-electron chi connectivity index (χ2n) is 5.23. The Morgan fingerprint density at radius 2 is 2.25 bits per heavy atom. The van der Waals surface area contributed by atoms with E-state index in [2.05, 4.69) is 25.2 Å². The lowest BCUT2D eigenvalue weighted by atomic mass is 10.1. The van der Waals surface area contributed by atoms with Crippen LogP contribution in [0.15, 0.2) is 6.07 Å². The van der Waals surface area contributed by atoms with Gasteiger partial charge in [-0.05, 0) is 36.8 Å². The maximum absolute atomic E-state index is 8.93. The molecule has 16 heavy (non-hydrogen) atoms. The van der Waals surface area contributed by atoms with Gasteiger partial charge in [0.1, 0.15) is 11.8 Å². The number of nitrogens with zero attached hydrogens (tertiary/aromatic N) is 2. The van der Waals surface area contributed by atoms with Crippen molar-refractivity contribution in [3.8, 4) is 6.07 Å². The van der Waals surface area contributed by atoms with E-state index in [4.69, 9.17) is 5.26 Å². The molecule has 1 saturated carbocycles. The van der Waals surface area contributed by atoms with Gasteiger partial charge in [0, 0.05) is 25.8 Å². The third-order valence-electron chi connectivity index (χ3n) is 3.73. The average molecular weight is 217 g/mol. The summed E-state index contributed by atoms with van der Waals surface area (Å²) in [7, 11) is 1.94. The Kier molecular flexibility index (Phi) is 2.77. The van der Waals surface area contributed by atoms with Gasteiger partial charge >= 0.3 is 0 Å². The smallest absolute Gasteiger partial charge is 0.120 e. The molecule has 0 aliphatic heterocycles. The van der Waals surface area contributed by atoms with Crippen molar-refractivity contribution in [2.75, 3.05) is 6.54 Å². The highest BCUT2D eigenvalue weighted by Crippen LogP contribution is 2.44. The first kappa shape index (κ1) is 11.2. The summed E-state index contributed by atoms with van der Waals surface area (Å²) < 4.78 is 1.95. The van der Waals surface area contributed by atoms with E-state index in [9.17, 15) is 0 Å². The largest absolute Gasteiger partial charge is 0.340 e. The summed E-state index contributed by atoms with van der Waals surface area (Å²) in [6, 6.07) is 4.19. The molecule has 2 rings (SSSR count). The first-order valence-electron chi connectivity index (χ1n) is 5.82. The lowest BCUT2D eigenvalue weighted by Crippen LogP contribution is -2.21. The second-order valence-corrected chi connectivity index (χ2v) is 5.23. The predicted octanol–water partition coefficient (Wildman–Crippen LogP) is 2.09. The Morgan fingerprint density at radius 3 is 2.75 bits per heavy atom. The molecule has 0 unspecified atom stereocenters. The fraction of sp³-hybridized carbons (Fsp3) is 0.615. The average Bonchev–Trinajstić information content (AvgIpc) is 2.93. The normalized spacial score (nSPS) is 17.1. The molecular formula is C13H19N3. The van der Waals surface area contributed by atoms with Crippen molar-refractivity contribution in [3.05, 3.63) is 23.0 Å². The summed E-state index contributed by atoms with van der Waals surface area (Å²) >= 11 is 0. The number of aromatic nitrogens is 1. The zero-order valence-corrected chi connectivity index (χ0v) is 10.3. The minimum absolute atomic E-state index is 0.542. The fourth-order valence-electron chi connectivity index (χ4n) is 1.94. The molecule has 3 nitrogen and oxygen atoms in total. The quantitative estimate of drug-likeness (QED) is 0.839. The monoisotopic (exact) mass is 217 g/mol. The Labute approximate surface area is 97.1 Å². The van der Waals surface area contributed by atoms with E-state index in [1.165, 1.54) is 24.1 Å². The van der Waals surface area contributed by atoms with Crippen LogP contribution in [-0.4, -0.2) is 11.1 Å². The van der Waals surface area contributed by atoms with Crippen LogP contribution >= 0.6 is 0 Å². The van der Waals surface area contributed by atoms with Crippen molar-refractivity contribution in [1.29, 1.82) is 5.26 Å². The zero-order valence-electron chi connectivity index (χ0n) is 10.3. The van der Waals surface area contributed by atoms with Gasteiger partial charge in [0.2, 0.25) is 0 Å². The van der Waals surface area contributed by atoms with Gasteiger partial charge in [0.05, 0.1) is 0 Å². The number of hydrogen-bond acceptors (Lipinski definition) is 2. The van der Waals surface area contributed by atoms with Crippen LogP contribution in [0.25, 0.3) is 0 Å². The lowest BCUT2D eigenvalue weighted by molar-refractivity contribution is 0.499. The number of nitriles is 1. The molecule has 0 spiro atoms. The van der Waals surface area contributed by atoms with Gasteiger partial charge in [-0.1, -0.05) is 6.92 Å². The van der Waals surface area contributed by atoms with Crippen LogP contribution in [0.2, 0.25) is 0 Å². The van der Waals surface area contributed by atoms with Crippen molar-refractivity contribution in [3.63, 3.8) is 0 Å². The van der Waals surface area contributed by atoms with E-state index < -0.39 is 0 Å². The standard InChI is InChI=1S/C13H19N3/c1-10-11(6-12(7-14)16(10)3)8-15-9-13(2)4-5-13/h6,15H,4-5,8-9H2,1-3H3. The van der Waals surface area contributed by atoms with Crippen LogP contribution in [0.5, 0.6) is 0 Å². The van der Waals surface area contributed by atoms with Gasteiger partial charge in [0.15, 0.2) is 0 Å². The number of rotatable bonds is 4. The molecule has 0 saturated heterocycles. The van der Waals surface area contributed by atoms with Crippen molar-refractivity contribution in [1.82, 2.24) is 9.88 Å². The van der Waals surface area contributed by atoms with Crippen molar-refractivity contribution >= 4 is 0 Å². The van der Waals surface area contributed by atoms with E-state index in [1.807, 2.05) is 17.7 Å². The maximum atomic E-state index is 8.93. The molecule has 1 fully saturated rings. The Balaban J connectivity index is 1.96. The van der Waals surface area contributed by atoms with Gasteiger partial charge in [-0.3, -0.25) is 0 Å². The highest BCUT2D eigenvalue weighted by molar-refractivity contribution is 5.34.